The first-order chi connectivity index (χ1) is 12.3. The van der Waals surface area contributed by atoms with Gasteiger partial charge in [-0.1, -0.05) is 36.4 Å². The number of para-hydroxylation sites is 1. The summed E-state index contributed by atoms with van der Waals surface area (Å²) >= 11 is 0. The Bertz CT molecular complexity index is 828. The molecule has 0 saturated heterocycles. The minimum absolute atomic E-state index is 0.0744. The van der Waals surface area contributed by atoms with E-state index < -0.39 is 0 Å². The van der Waals surface area contributed by atoms with Gasteiger partial charge in [0, 0.05) is 24.9 Å². The molecule has 0 bridgehead atoms. The summed E-state index contributed by atoms with van der Waals surface area (Å²) in [6.45, 7) is 4.12. The highest BCUT2D eigenvalue weighted by Crippen LogP contribution is 2.50. The zero-order valence-corrected chi connectivity index (χ0v) is 14.0. The van der Waals surface area contributed by atoms with Crippen LogP contribution in [-0.4, -0.2) is 17.4 Å². The number of allylic oxidation sites excluding steroid dienone is 2. The molecule has 4 rings (SSSR count). The molecule has 126 valence electrons. The lowest BCUT2D eigenvalue weighted by molar-refractivity contribution is 0.0958. The maximum Gasteiger partial charge on any atom is 0.253 e. The van der Waals surface area contributed by atoms with Crippen molar-refractivity contribution in [1.82, 2.24) is 10.3 Å². The first kappa shape index (κ1) is 15.6. The van der Waals surface area contributed by atoms with Crippen molar-refractivity contribution in [2.45, 2.75) is 18.4 Å². The number of hydrogen-bond acceptors (Lipinski definition) is 3. The first-order valence-corrected chi connectivity index (χ1v) is 8.64. The smallest absolute Gasteiger partial charge is 0.253 e. The largest absolute Gasteiger partial charge is 0.377 e. The average Bonchev–Trinajstić information content (AvgIpc) is 3.15. The number of anilines is 1. The fourth-order valence-corrected chi connectivity index (χ4v) is 3.96. The average molecular weight is 331 g/mol. The standard InChI is InChI=1S/C21H21N3O/c1-2-11-23-21(25)18-10-4-9-17-15-7-3-8-16(15)19(24-20(17)18)14-6-5-12-22-13-14/h2-7,9-10,12-13,15-16,19,24H,1,8,11H2,(H,23,25). The molecule has 25 heavy (non-hydrogen) atoms. The quantitative estimate of drug-likeness (QED) is 0.837. The van der Waals surface area contributed by atoms with Gasteiger partial charge >= 0.3 is 0 Å². The van der Waals surface area contributed by atoms with Gasteiger partial charge in [-0.2, -0.15) is 0 Å². The molecule has 3 atom stereocenters. The van der Waals surface area contributed by atoms with Crippen LogP contribution >= 0.6 is 0 Å². The molecule has 2 heterocycles. The monoisotopic (exact) mass is 331 g/mol. The van der Waals surface area contributed by atoms with E-state index in [1.54, 1.807) is 12.3 Å². The fraction of sp³-hybridized carbons (Fsp3) is 0.238. The summed E-state index contributed by atoms with van der Waals surface area (Å²) in [7, 11) is 0. The molecule has 1 amide bonds. The summed E-state index contributed by atoms with van der Waals surface area (Å²) in [6.07, 6.45) is 11.0. The second kappa shape index (κ2) is 6.55. The van der Waals surface area contributed by atoms with E-state index in [9.17, 15) is 4.79 Å². The Morgan fingerprint density at radius 3 is 3.08 bits per heavy atom. The number of benzene rings is 1. The summed E-state index contributed by atoms with van der Waals surface area (Å²) < 4.78 is 0. The molecule has 0 radical (unpaired) electrons. The third kappa shape index (κ3) is 2.74. The third-order valence-electron chi connectivity index (χ3n) is 5.09. The number of nitrogens with zero attached hydrogens (tertiary/aromatic N) is 1. The van der Waals surface area contributed by atoms with Crippen molar-refractivity contribution in [3.63, 3.8) is 0 Å². The van der Waals surface area contributed by atoms with E-state index >= 15 is 0 Å². The van der Waals surface area contributed by atoms with E-state index in [1.165, 1.54) is 5.56 Å². The van der Waals surface area contributed by atoms with Crippen molar-refractivity contribution in [3.05, 3.63) is 84.2 Å². The molecule has 1 aromatic carbocycles. The fourth-order valence-electron chi connectivity index (χ4n) is 3.96. The van der Waals surface area contributed by atoms with Gasteiger partial charge in [-0.3, -0.25) is 9.78 Å². The van der Waals surface area contributed by atoms with Crippen LogP contribution in [0.15, 0.2) is 67.5 Å². The molecule has 2 aromatic rings. The minimum atomic E-state index is -0.0744. The Labute approximate surface area is 147 Å². The van der Waals surface area contributed by atoms with Crippen LogP contribution < -0.4 is 10.6 Å². The lowest BCUT2D eigenvalue weighted by atomic mass is 9.76. The number of carbonyl (C=O) groups excluding carboxylic acids is 1. The van der Waals surface area contributed by atoms with Gasteiger partial charge < -0.3 is 10.6 Å². The van der Waals surface area contributed by atoms with Gasteiger partial charge in [0.2, 0.25) is 0 Å². The van der Waals surface area contributed by atoms with Gasteiger partial charge in [0.15, 0.2) is 0 Å². The Morgan fingerprint density at radius 2 is 2.28 bits per heavy atom. The molecular weight excluding hydrogens is 310 g/mol. The van der Waals surface area contributed by atoms with E-state index in [2.05, 4.69) is 46.5 Å². The number of carbonyl (C=O) groups is 1. The van der Waals surface area contributed by atoms with E-state index in [0.717, 1.165) is 17.7 Å². The number of hydrogen-bond donors (Lipinski definition) is 2. The van der Waals surface area contributed by atoms with Gasteiger partial charge in [-0.25, -0.2) is 0 Å². The molecular formula is C21H21N3O. The number of fused-ring (bicyclic) bond motifs is 3. The van der Waals surface area contributed by atoms with Crippen molar-refractivity contribution in [2.24, 2.45) is 5.92 Å². The Balaban J connectivity index is 1.76. The highest BCUT2D eigenvalue weighted by Gasteiger charge is 2.39. The van der Waals surface area contributed by atoms with Crippen molar-refractivity contribution in [1.29, 1.82) is 0 Å². The number of nitrogens with one attached hydrogen (secondary N) is 2. The summed E-state index contributed by atoms with van der Waals surface area (Å²) in [5.74, 6) is 0.700. The predicted molar refractivity (Wildman–Crippen MR) is 99.6 cm³/mol. The Kier molecular flexibility index (Phi) is 4.10. The number of pyridine rings is 1. The first-order valence-electron chi connectivity index (χ1n) is 8.64. The van der Waals surface area contributed by atoms with Gasteiger partial charge in [0.25, 0.3) is 5.91 Å². The molecule has 0 fully saturated rings. The summed E-state index contributed by atoms with van der Waals surface area (Å²) in [5.41, 5.74) is 3.98. The topological polar surface area (TPSA) is 54.0 Å². The second-order valence-corrected chi connectivity index (χ2v) is 6.53. The summed E-state index contributed by atoms with van der Waals surface area (Å²) in [4.78, 5) is 16.9. The number of rotatable bonds is 4. The second-order valence-electron chi connectivity index (χ2n) is 6.53. The molecule has 1 aromatic heterocycles. The van der Waals surface area contributed by atoms with Crippen molar-refractivity contribution < 1.29 is 4.79 Å². The summed E-state index contributed by atoms with van der Waals surface area (Å²) in [5, 5.41) is 6.53. The van der Waals surface area contributed by atoms with Crippen LogP contribution in [0.2, 0.25) is 0 Å². The van der Waals surface area contributed by atoms with Crippen LogP contribution in [0.5, 0.6) is 0 Å². The van der Waals surface area contributed by atoms with Crippen molar-refractivity contribution in [2.75, 3.05) is 11.9 Å². The lowest BCUT2D eigenvalue weighted by Crippen LogP contribution is -2.32. The van der Waals surface area contributed by atoms with Crippen LogP contribution in [0.25, 0.3) is 0 Å². The van der Waals surface area contributed by atoms with E-state index in [-0.39, 0.29) is 11.9 Å². The van der Waals surface area contributed by atoms with Gasteiger partial charge in [-0.05, 0) is 35.6 Å². The minimum Gasteiger partial charge on any atom is -0.377 e. The normalized spacial score (nSPS) is 23.3. The molecule has 2 N–H and O–H groups in total. The summed E-state index contributed by atoms with van der Waals surface area (Å²) in [6, 6.07) is 10.2. The SMILES string of the molecule is C=CCNC(=O)c1cccc2c1NC(c1cccnc1)C1CC=CC21. The van der Waals surface area contributed by atoms with Crippen molar-refractivity contribution >= 4 is 11.6 Å². The van der Waals surface area contributed by atoms with Gasteiger partial charge in [0.1, 0.15) is 0 Å². The van der Waals surface area contributed by atoms with Crippen LogP contribution in [0.3, 0.4) is 0 Å². The maximum atomic E-state index is 12.6. The highest BCUT2D eigenvalue weighted by atomic mass is 16.1. The van der Waals surface area contributed by atoms with Gasteiger partial charge in [-0.15, -0.1) is 6.58 Å². The van der Waals surface area contributed by atoms with Crippen LogP contribution in [0.4, 0.5) is 5.69 Å². The Morgan fingerprint density at radius 1 is 1.36 bits per heavy atom. The molecule has 1 aliphatic heterocycles. The predicted octanol–water partition coefficient (Wildman–Crippen LogP) is 3.82. The zero-order chi connectivity index (χ0) is 17.2. The zero-order valence-electron chi connectivity index (χ0n) is 14.0. The molecule has 0 spiro atoms. The van der Waals surface area contributed by atoms with Crippen LogP contribution in [-0.2, 0) is 0 Å². The lowest BCUT2D eigenvalue weighted by Gasteiger charge is -2.38. The van der Waals surface area contributed by atoms with Gasteiger partial charge in [0.05, 0.1) is 17.3 Å². The molecule has 3 unspecified atom stereocenters. The molecule has 4 nitrogen and oxygen atoms in total. The molecule has 4 heteroatoms. The Hall–Kier alpha value is -2.88. The maximum absolute atomic E-state index is 12.6. The molecule has 2 aliphatic rings. The highest BCUT2D eigenvalue weighted by molar-refractivity contribution is 6.00. The van der Waals surface area contributed by atoms with E-state index in [0.29, 0.717) is 23.9 Å². The number of aromatic nitrogens is 1. The molecule has 0 saturated carbocycles. The number of amides is 1. The third-order valence-corrected chi connectivity index (χ3v) is 5.09. The van der Waals surface area contributed by atoms with Crippen LogP contribution in [0.1, 0.15) is 39.9 Å². The van der Waals surface area contributed by atoms with Crippen molar-refractivity contribution in [3.8, 4) is 0 Å². The van der Waals surface area contributed by atoms with Crippen LogP contribution in [0, 0.1) is 5.92 Å². The molecule has 1 aliphatic carbocycles. The van der Waals surface area contributed by atoms with E-state index in [4.69, 9.17) is 0 Å². The van der Waals surface area contributed by atoms with E-state index in [1.807, 2.05) is 24.4 Å².